The van der Waals surface area contributed by atoms with Crippen molar-refractivity contribution in [2.75, 3.05) is 6.54 Å². The quantitative estimate of drug-likeness (QED) is 0.0392. The van der Waals surface area contributed by atoms with Crippen LogP contribution in [-0.4, -0.2) is 94.4 Å². The summed E-state index contributed by atoms with van der Waals surface area (Å²) in [7, 11) is 0. The minimum atomic E-state index is -1.27. The number of aliphatic carboxylic acids is 1. The van der Waals surface area contributed by atoms with Crippen molar-refractivity contribution >= 4 is 52.4 Å². The van der Waals surface area contributed by atoms with Crippen LogP contribution in [0.25, 0.3) is 10.9 Å². The monoisotopic (exact) mass is 762 g/mol. The molecule has 298 valence electrons. The van der Waals surface area contributed by atoms with Crippen LogP contribution in [0.15, 0.2) is 65.8 Å². The van der Waals surface area contributed by atoms with Crippen molar-refractivity contribution in [3.05, 3.63) is 71.9 Å². The third kappa shape index (κ3) is 14.1. The Kier molecular flexibility index (Phi) is 16.6. The number of nitrogens with two attached hydrogens (primary N) is 3. The molecule has 0 bridgehead atoms. The van der Waals surface area contributed by atoms with E-state index in [1.165, 1.54) is 13.8 Å². The molecule has 0 unspecified atom stereocenters. The van der Waals surface area contributed by atoms with Crippen molar-refractivity contribution in [2.24, 2.45) is 28.1 Å². The van der Waals surface area contributed by atoms with Crippen LogP contribution in [0.4, 0.5) is 0 Å². The Hall–Kier alpha value is -5.97. The summed E-state index contributed by atoms with van der Waals surface area (Å²) in [5, 5.41) is 23.4. The largest absolute Gasteiger partial charge is 0.480 e. The molecule has 0 aliphatic carbocycles. The van der Waals surface area contributed by atoms with Gasteiger partial charge in [0, 0.05) is 30.1 Å². The van der Waals surface area contributed by atoms with Crippen molar-refractivity contribution in [3.63, 3.8) is 0 Å². The molecule has 0 aliphatic rings. The van der Waals surface area contributed by atoms with Gasteiger partial charge in [-0.3, -0.25) is 29.0 Å². The smallest absolute Gasteiger partial charge is 0.326 e. The third-order valence-electron chi connectivity index (χ3n) is 8.77. The summed E-state index contributed by atoms with van der Waals surface area (Å²) in [5.74, 6) is -4.77. The summed E-state index contributed by atoms with van der Waals surface area (Å²) in [6.45, 7) is 6.68. The molecule has 0 aliphatic heterocycles. The second kappa shape index (κ2) is 21.1. The van der Waals surface area contributed by atoms with Gasteiger partial charge < -0.3 is 53.9 Å². The number of carboxylic acid groups (broad SMARTS) is 1. The fraction of sp³-hybridized carbons (Fsp3) is 0.447. The number of hydrogen-bond donors (Lipinski definition) is 10. The van der Waals surface area contributed by atoms with Gasteiger partial charge in [0.15, 0.2) is 5.96 Å². The maximum Gasteiger partial charge on any atom is 0.326 e. The molecule has 1 heterocycles. The number of H-pyrrole nitrogens is 1. The van der Waals surface area contributed by atoms with Crippen LogP contribution in [0.2, 0.25) is 0 Å². The predicted molar refractivity (Wildman–Crippen MR) is 208 cm³/mol. The Bertz CT molecular complexity index is 1810. The first-order valence-corrected chi connectivity index (χ1v) is 18.2. The molecule has 0 saturated heterocycles. The van der Waals surface area contributed by atoms with Gasteiger partial charge in [-0.05, 0) is 62.6 Å². The number of carboxylic acids is 1. The van der Waals surface area contributed by atoms with Crippen LogP contribution < -0.4 is 43.8 Å². The molecule has 0 radical (unpaired) electrons. The Morgan fingerprint density at radius 1 is 0.709 bits per heavy atom. The summed E-state index contributed by atoms with van der Waals surface area (Å²) >= 11 is 0. The van der Waals surface area contributed by atoms with E-state index in [9.17, 15) is 33.9 Å². The maximum atomic E-state index is 13.8. The number of carbonyl (C=O) groups excluding carboxylic acids is 5. The lowest BCUT2D eigenvalue weighted by molar-refractivity contribution is -0.142. The Balaban J connectivity index is 1.68. The summed E-state index contributed by atoms with van der Waals surface area (Å²) in [6, 6.07) is 10.0. The second-order valence-electron chi connectivity index (χ2n) is 13.9. The second-order valence-corrected chi connectivity index (χ2v) is 13.9. The van der Waals surface area contributed by atoms with Crippen LogP contribution >= 0.6 is 0 Å². The lowest BCUT2D eigenvalue weighted by atomic mass is 10.0. The fourth-order valence-corrected chi connectivity index (χ4v) is 5.79. The zero-order valence-corrected chi connectivity index (χ0v) is 31.6. The van der Waals surface area contributed by atoms with Gasteiger partial charge in [-0.2, -0.15) is 0 Å². The average molecular weight is 763 g/mol. The molecule has 2 aromatic carbocycles. The third-order valence-corrected chi connectivity index (χ3v) is 8.77. The normalized spacial score (nSPS) is 14.4. The highest BCUT2D eigenvalue weighted by Crippen LogP contribution is 2.19. The van der Waals surface area contributed by atoms with Crippen molar-refractivity contribution in [2.45, 2.75) is 96.1 Å². The van der Waals surface area contributed by atoms with Gasteiger partial charge in [0.2, 0.25) is 29.5 Å². The summed E-state index contributed by atoms with van der Waals surface area (Å²) < 4.78 is 0. The number of carbonyl (C=O) groups is 6. The lowest BCUT2D eigenvalue weighted by Gasteiger charge is -2.26. The molecule has 55 heavy (non-hydrogen) atoms. The van der Waals surface area contributed by atoms with E-state index in [0.717, 1.165) is 22.0 Å². The van der Waals surface area contributed by atoms with Crippen LogP contribution in [0.1, 0.15) is 58.1 Å². The number of nitrogens with zero attached hydrogens (tertiary/aromatic N) is 1. The topological polar surface area (TPSA) is 289 Å². The van der Waals surface area contributed by atoms with E-state index in [1.54, 1.807) is 6.20 Å². The Labute approximate surface area is 320 Å². The molecule has 0 fully saturated rings. The van der Waals surface area contributed by atoms with Crippen molar-refractivity contribution in [3.8, 4) is 0 Å². The summed E-state index contributed by atoms with van der Waals surface area (Å²) in [6.07, 6.45) is 2.60. The molecule has 0 spiro atoms. The standard InChI is InChI=1S/C38H54N10O7/c1-21(2)17-30(35(52)44-22(3)32(49)46-29(37(54)55)15-10-16-42-38(40)41)47-33(50)23(4)45-36(53)31(19-25-20-43-28-14-9-8-13-26(25)28)48-34(51)27(39)18-24-11-6-5-7-12-24/h5-9,11-14,20-23,27,29-31,43H,10,15-19,39H2,1-4H3,(H,44,52)(H,45,53)(H,46,49)(H,47,50)(H,48,51)(H,54,55)(H4,40,41,42)/t22-,23-,27-,29-,30-,31-/m0/s1. The van der Waals surface area contributed by atoms with Crippen molar-refractivity contribution < 1.29 is 33.9 Å². The van der Waals surface area contributed by atoms with Crippen LogP contribution in [0.3, 0.4) is 0 Å². The molecule has 5 amide bonds. The van der Waals surface area contributed by atoms with E-state index in [1.807, 2.05) is 68.4 Å². The molecule has 3 aromatic rings. The number of aliphatic imine (C=N–C) groups is 1. The minimum absolute atomic E-state index is 0.0426. The number of aromatic amines is 1. The number of aromatic nitrogens is 1. The van der Waals surface area contributed by atoms with Crippen molar-refractivity contribution in [1.29, 1.82) is 0 Å². The van der Waals surface area contributed by atoms with E-state index in [4.69, 9.17) is 17.2 Å². The number of benzene rings is 2. The average Bonchev–Trinajstić information content (AvgIpc) is 3.54. The SMILES string of the molecule is CC(C)C[C@H](NC(=O)[C@H](C)NC(=O)[C@H](Cc1c[nH]c2ccccc12)NC(=O)[C@@H](N)Cc1ccccc1)C(=O)N[C@@H](C)C(=O)N[C@@H](CCCN=C(N)N)C(=O)O. The van der Waals surface area contributed by atoms with Crippen LogP contribution in [-0.2, 0) is 41.6 Å². The molecule has 1 aromatic heterocycles. The lowest BCUT2D eigenvalue weighted by Crippen LogP contribution is -2.58. The van der Waals surface area contributed by atoms with Crippen molar-refractivity contribution in [1.82, 2.24) is 31.6 Å². The first kappa shape index (κ1) is 43.4. The first-order chi connectivity index (χ1) is 26.0. The molecule has 13 N–H and O–H groups in total. The van der Waals surface area contributed by atoms with Gasteiger partial charge in [0.1, 0.15) is 30.2 Å². The van der Waals surface area contributed by atoms with E-state index < -0.39 is 71.8 Å². The highest BCUT2D eigenvalue weighted by molar-refractivity contribution is 5.96. The van der Waals surface area contributed by atoms with E-state index in [0.29, 0.717) is 0 Å². The number of nitrogens with one attached hydrogen (secondary N) is 6. The maximum absolute atomic E-state index is 13.8. The number of guanidine groups is 1. The molecular formula is C38H54N10O7. The fourth-order valence-electron chi connectivity index (χ4n) is 5.79. The van der Waals surface area contributed by atoms with Gasteiger partial charge in [0.05, 0.1) is 6.04 Å². The zero-order chi connectivity index (χ0) is 40.7. The van der Waals surface area contributed by atoms with Gasteiger partial charge in [0.25, 0.3) is 0 Å². The van der Waals surface area contributed by atoms with Gasteiger partial charge in [-0.25, -0.2) is 4.79 Å². The molecule has 6 atom stereocenters. The highest BCUT2D eigenvalue weighted by atomic mass is 16.4. The summed E-state index contributed by atoms with van der Waals surface area (Å²) in [5.41, 5.74) is 19.3. The molecule has 0 saturated carbocycles. The predicted octanol–water partition coefficient (Wildman–Crippen LogP) is -0.0715. The number of fused-ring (bicyclic) bond motifs is 1. The number of amides is 5. The van der Waals surface area contributed by atoms with Crippen LogP contribution in [0, 0.1) is 5.92 Å². The molecular weight excluding hydrogens is 708 g/mol. The molecule has 3 rings (SSSR count). The van der Waals surface area contributed by atoms with E-state index in [-0.39, 0.29) is 50.5 Å². The number of rotatable bonds is 21. The minimum Gasteiger partial charge on any atom is -0.480 e. The number of hydrogen-bond acceptors (Lipinski definition) is 8. The zero-order valence-electron chi connectivity index (χ0n) is 31.6. The number of para-hydroxylation sites is 1. The Morgan fingerprint density at radius 3 is 1.87 bits per heavy atom. The van der Waals surface area contributed by atoms with Gasteiger partial charge >= 0.3 is 5.97 Å². The molecule has 17 nitrogen and oxygen atoms in total. The summed E-state index contributed by atoms with van der Waals surface area (Å²) in [4.78, 5) is 85.4. The Morgan fingerprint density at radius 2 is 1.27 bits per heavy atom. The van der Waals surface area contributed by atoms with E-state index >= 15 is 0 Å². The highest BCUT2D eigenvalue weighted by Gasteiger charge is 2.31. The van der Waals surface area contributed by atoms with E-state index in [2.05, 4.69) is 36.6 Å². The van der Waals surface area contributed by atoms with Gasteiger partial charge in [-0.1, -0.05) is 62.4 Å². The van der Waals surface area contributed by atoms with Crippen LogP contribution in [0.5, 0.6) is 0 Å². The first-order valence-electron chi connectivity index (χ1n) is 18.2. The molecule has 17 heteroatoms. The van der Waals surface area contributed by atoms with Gasteiger partial charge in [-0.15, -0.1) is 0 Å².